The van der Waals surface area contributed by atoms with E-state index in [1.54, 1.807) is 25.3 Å². The van der Waals surface area contributed by atoms with E-state index >= 15 is 0 Å². The van der Waals surface area contributed by atoms with Gasteiger partial charge < -0.3 is 14.0 Å². The van der Waals surface area contributed by atoms with Crippen molar-refractivity contribution in [1.29, 1.82) is 0 Å². The summed E-state index contributed by atoms with van der Waals surface area (Å²) >= 11 is 5.99. The van der Waals surface area contributed by atoms with Crippen LogP contribution in [-0.4, -0.2) is 30.5 Å². The summed E-state index contributed by atoms with van der Waals surface area (Å²) in [4.78, 5) is 4.42. The Labute approximate surface area is 115 Å². The molecule has 0 radical (unpaired) electrons. The molecule has 0 unspecified atom stereocenters. The highest BCUT2D eigenvalue weighted by Crippen LogP contribution is 2.32. The number of nitrogens with zero attached hydrogens (tertiary/aromatic N) is 2. The summed E-state index contributed by atoms with van der Waals surface area (Å²) in [7, 11) is 1.59. The van der Waals surface area contributed by atoms with Crippen LogP contribution < -0.4 is 4.74 Å². The average Bonchev–Trinajstić information content (AvgIpc) is 3.09. The second-order valence-corrected chi connectivity index (χ2v) is 4.80. The predicted molar refractivity (Wildman–Crippen MR) is 69.5 cm³/mol. The van der Waals surface area contributed by atoms with Gasteiger partial charge in [0.15, 0.2) is 5.82 Å². The lowest BCUT2D eigenvalue weighted by molar-refractivity contribution is 0.192. The predicted octanol–water partition coefficient (Wildman–Crippen LogP) is 2.90. The first-order valence-corrected chi connectivity index (χ1v) is 6.41. The van der Waals surface area contributed by atoms with Crippen LogP contribution in [0.5, 0.6) is 5.75 Å². The Morgan fingerprint density at radius 1 is 1.42 bits per heavy atom. The quantitative estimate of drug-likeness (QED) is 0.865. The third-order valence-electron chi connectivity index (χ3n) is 3.13. The Morgan fingerprint density at radius 3 is 3.05 bits per heavy atom. The number of ether oxygens (including phenoxy) is 2. The first-order valence-electron chi connectivity index (χ1n) is 6.03. The van der Waals surface area contributed by atoms with Crippen LogP contribution in [-0.2, 0) is 4.74 Å². The van der Waals surface area contributed by atoms with Crippen LogP contribution in [0.15, 0.2) is 22.7 Å². The third-order valence-corrected chi connectivity index (χ3v) is 3.36. The van der Waals surface area contributed by atoms with Gasteiger partial charge in [0.1, 0.15) is 5.75 Å². The van der Waals surface area contributed by atoms with Crippen LogP contribution >= 0.6 is 11.6 Å². The molecule has 1 fully saturated rings. The monoisotopic (exact) mass is 280 g/mol. The SMILES string of the molecule is COc1ccc(Cl)cc1-c1nc([C@H]2CCOC2)no1. The number of aromatic nitrogens is 2. The average molecular weight is 281 g/mol. The maximum absolute atomic E-state index is 5.99. The van der Waals surface area contributed by atoms with Gasteiger partial charge in [-0.15, -0.1) is 0 Å². The van der Waals surface area contributed by atoms with Crippen molar-refractivity contribution in [3.63, 3.8) is 0 Å². The molecule has 0 bridgehead atoms. The second-order valence-electron chi connectivity index (χ2n) is 4.36. The molecular formula is C13H13ClN2O3. The fourth-order valence-electron chi connectivity index (χ4n) is 2.10. The highest BCUT2D eigenvalue weighted by molar-refractivity contribution is 6.30. The number of methoxy groups -OCH3 is 1. The number of benzene rings is 1. The van der Waals surface area contributed by atoms with Gasteiger partial charge in [-0.3, -0.25) is 0 Å². The van der Waals surface area contributed by atoms with Gasteiger partial charge in [-0.2, -0.15) is 4.98 Å². The molecule has 0 spiro atoms. The lowest BCUT2D eigenvalue weighted by Crippen LogP contribution is -1.99. The van der Waals surface area contributed by atoms with Crippen molar-refractivity contribution in [3.8, 4) is 17.2 Å². The molecular weight excluding hydrogens is 268 g/mol. The lowest BCUT2D eigenvalue weighted by Gasteiger charge is -2.04. The molecule has 2 heterocycles. The van der Waals surface area contributed by atoms with E-state index in [2.05, 4.69) is 10.1 Å². The first kappa shape index (κ1) is 12.4. The Bertz CT molecular complexity index is 579. The van der Waals surface area contributed by atoms with Crippen molar-refractivity contribution in [1.82, 2.24) is 10.1 Å². The van der Waals surface area contributed by atoms with Gasteiger partial charge in [0.25, 0.3) is 5.89 Å². The Hall–Kier alpha value is -1.59. The van der Waals surface area contributed by atoms with Crippen molar-refractivity contribution in [2.75, 3.05) is 20.3 Å². The van der Waals surface area contributed by atoms with E-state index in [0.717, 1.165) is 13.0 Å². The van der Waals surface area contributed by atoms with Crippen molar-refractivity contribution < 1.29 is 14.0 Å². The van der Waals surface area contributed by atoms with Gasteiger partial charge in [-0.1, -0.05) is 16.8 Å². The van der Waals surface area contributed by atoms with E-state index in [1.807, 2.05) is 0 Å². The molecule has 1 aromatic carbocycles. The summed E-state index contributed by atoms with van der Waals surface area (Å²) in [6, 6.07) is 5.29. The largest absolute Gasteiger partial charge is 0.496 e. The van der Waals surface area contributed by atoms with Gasteiger partial charge in [0.2, 0.25) is 0 Å². The number of hydrogen-bond acceptors (Lipinski definition) is 5. The Kier molecular flexibility index (Phi) is 3.40. The Morgan fingerprint density at radius 2 is 2.32 bits per heavy atom. The zero-order valence-electron chi connectivity index (χ0n) is 10.4. The molecule has 6 heteroatoms. The van der Waals surface area contributed by atoms with Gasteiger partial charge in [0, 0.05) is 17.5 Å². The molecule has 3 rings (SSSR count). The summed E-state index contributed by atoms with van der Waals surface area (Å²) in [5.41, 5.74) is 0.702. The van der Waals surface area contributed by atoms with Crippen LogP contribution in [0.2, 0.25) is 5.02 Å². The third kappa shape index (κ3) is 2.43. The summed E-state index contributed by atoms with van der Waals surface area (Å²) in [6.07, 6.45) is 0.922. The lowest BCUT2D eigenvalue weighted by atomic mass is 10.1. The standard InChI is InChI=1S/C13H13ClN2O3/c1-17-11-3-2-9(14)6-10(11)13-15-12(16-19-13)8-4-5-18-7-8/h2-3,6,8H,4-5,7H2,1H3/t8-/m0/s1. The van der Waals surface area contributed by atoms with E-state index in [1.165, 1.54) is 0 Å². The highest BCUT2D eigenvalue weighted by Gasteiger charge is 2.24. The molecule has 100 valence electrons. The van der Waals surface area contributed by atoms with Gasteiger partial charge in [-0.25, -0.2) is 0 Å². The first-order chi connectivity index (χ1) is 9.28. The fourth-order valence-corrected chi connectivity index (χ4v) is 2.27. The summed E-state index contributed by atoms with van der Waals surface area (Å²) in [5, 5.41) is 4.61. The number of rotatable bonds is 3. The van der Waals surface area contributed by atoms with E-state index in [0.29, 0.717) is 34.7 Å². The maximum Gasteiger partial charge on any atom is 0.261 e. The van der Waals surface area contributed by atoms with Gasteiger partial charge in [-0.05, 0) is 24.6 Å². The van der Waals surface area contributed by atoms with Gasteiger partial charge in [0.05, 0.1) is 19.3 Å². The maximum atomic E-state index is 5.99. The summed E-state index contributed by atoms with van der Waals surface area (Å²) < 4.78 is 15.9. The van der Waals surface area contributed by atoms with Crippen molar-refractivity contribution in [3.05, 3.63) is 29.0 Å². The van der Waals surface area contributed by atoms with Crippen LogP contribution in [0.25, 0.3) is 11.5 Å². The van der Waals surface area contributed by atoms with Crippen LogP contribution in [0, 0.1) is 0 Å². The molecule has 5 nitrogen and oxygen atoms in total. The highest BCUT2D eigenvalue weighted by atomic mass is 35.5. The molecule has 1 aliphatic heterocycles. The van der Waals surface area contributed by atoms with Gasteiger partial charge >= 0.3 is 0 Å². The molecule has 1 atom stereocenters. The van der Waals surface area contributed by atoms with Crippen LogP contribution in [0.1, 0.15) is 18.2 Å². The summed E-state index contributed by atoms with van der Waals surface area (Å²) in [5.74, 6) is 1.96. The zero-order chi connectivity index (χ0) is 13.2. The number of halogens is 1. The minimum Gasteiger partial charge on any atom is -0.496 e. The van der Waals surface area contributed by atoms with E-state index < -0.39 is 0 Å². The molecule has 19 heavy (non-hydrogen) atoms. The Balaban J connectivity index is 1.95. The second kappa shape index (κ2) is 5.19. The molecule has 0 aliphatic carbocycles. The topological polar surface area (TPSA) is 57.4 Å². The summed E-state index contributed by atoms with van der Waals surface area (Å²) in [6.45, 7) is 1.39. The molecule has 0 saturated carbocycles. The molecule has 0 N–H and O–H groups in total. The van der Waals surface area contributed by atoms with Crippen LogP contribution in [0.3, 0.4) is 0 Å². The minimum atomic E-state index is 0.211. The number of hydrogen-bond donors (Lipinski definition) is 0. The minimum absolute atomic E-state index is 0.211. The molecule has 1 aliphatic rings. The van der Waals surface area contributed by atoms with Crippen molar-refractivity contribution >= 4 is 11.6 Å². The van der Waals surface area contributed by atoms with Crippen molar-refractivity contribution in [2.45, 2.75) is 12.3 Å². The van der Waals surface area contributed by atoms with E-state index in [4.69, 9.17) is 25.6 Å². The van der Waals surface area contributed by atoms with Crippen LogP contribution in [0.4, 0.5) is 0 Å². The smallest absolute Gasteiger partial charge is 0.261 e. The molecule has 1 saturated heterocycles. The van der Waals surface area contributed by atoms with E-state index in [-0.39, 0.29) is 5.92 Å². The fraction of sp³-hybridized carbons (Fsp3) is 0.385. The molecule has 2 aromatic rings. The van der Waals surface area contributed by atoms with Crippen molar-refractivity contribution in [2.24, 2.45) is 0 Å². The molecule has 0 amide bonds. The zero-order valence-corrected chi connectivity index (χ0v) is 11.2. The van der Waals surface area contributed by atoms with E-state index in [9.17, 15) is 0 Å². The normalized spacial score (nSPS) is 18.7. The molecule has 1 aromatic heterocycles.